The molecule has 6 heteroatoms. The molecule has 100 valence electrons. The molecule has 0 saturated carbocycles. The minimum atomic E-state index is -3.68. The number of rotatable bonds is 3. The first kappa shape index (κ1) is 14.0. The van der Waals surface area contributed by atoms with E-state index in [0.29, 0.717) is 0 Å². The third-order valence-corrected chi connectivity index (χ3v) is 4.97. The number of benzene rings is 2. The first-order valence-corrected chi connectivity index (χ1v) is 7.64. The van der Waals surface area contributed by atoms with Crippen LogP contribution < -0.4 is 4.31 Å². The van der Waals surface area contributed by atoms with E-state index in [2.05, 4.69) is 15.9 Å². The van der Waals surface area contributed by atoms with Gasteiger partial charge >= 0.3 is 0 Å². The molecule has 0 bridgehead atoms. The Morgan fingerprint density at radius 2 is 1.74 bits per heavy atom. The molecule has 0 spiro atoms. The fraction of sp³-hybridized carbons (Fsp3) is 0.0769. The van der Waals surface area contributed by atoms with Gasteiger partial charge in [0.25, 0.3) is 10.0 Å². The molecule has 0 saturated heterocycles. The lowest BCUT2D eigenvalue weighted by atomic mass is 10.3. The maximum absolute atomic E-state index is 13.1. The van der Waals surface area contributed by atoms with E-state index in [4.69, 9.17) is 0 Å². The second-order valence-corrected chi connectivity index (χ2v) is 6.79. The summed E-state index contributed by atoms with van der Waals surface area (Å²) >= 11 is 3.25. The van der Waals surface area contributed by atoms with Gasteiger partial charge in [-0.25, -0.2) is 12.8 Å². The van der Waals surface area contributed by atoms with E-state index in [9.17, 15) is 12.8 Å². The Morgan fingerprint density at radius 1 is 1.11 bits per heavy atom. The van der Waals surface area contributed by atoms with E-state index in [1.54, 1.807) is 18.2 Å². The molecule has 0 radical (unpaired) electrons. The molecule has 3 nitrogen and oxygen atoms in total. The van der Waals surface area contributed by atoms with Gasteiger partial charge < -0.3 is 0 Å². The summed E-state index contributed by atoms with van der Waals surface area (Å²) in [6, 6.07) is 11.7. The second kappa shape index (κ2) is 5.30. The van der Waals surface area contributed by atoms with Crippen LogP contribution in [-0.2, 0) is 10.0 Å². The molecule has 0 aliphatic rings. The van der Waals surface area contributed by atoms with E-state index in [1.165, 1.54) is 37.4 Å². The molecule has 0 amide bonds. The smallest absolute Gasteiger partial charge is 0.264 e. The summed E-state index contributed by atoms with van der Waals surface area (Å²) in [7, 11) is -2.28. The first-order chi connectivity index (χ1) is 8.91. The molecule has 0 heterocycles. The molecule has 19 heavy (non-hydrogen) atoms. The zero-order valence-electron chi connectivity index (χ0n) is 10.0. The van der Waals surface area contributed by atoms with Gasteiger partial charge in [-0.1, -0.05) is 22.0 Å². The van der Waals surface area contributed by atoms with Crippen molar-refractivity contribution >= 4 is 31.6 Å². The van der Waals surface area contributed by atoms with Gasteiger partial charge in [0.15, 0.2) is 0 Å². The third-order valence-electron chi connectivity index (χ3n) is 2.64. The first-order valence-electron chi connectivity index (χ1n) is 5.41. The molecule has 2 rings (SSSR count). The number of halogens is 2. The quantitative estimate of drug-likeness (QED) is 0.856. The summed E-state index contributed by atoms with van der Waals surface area (Å²) in [4.78, 5) is 0.155. The Labute approximate surface area is 119 Å². The van der Waals surface area contributed by atoms with Gasteiger partial charge in [-0.3, -0.25) is 4.31 Å². The minimum absolute atomic E-state index is 0.155. The number of hydrogen-bond acceptors (Lipinski definition) is 2. The van der Waals surface area contributed by atoms with Crippen molar-refractivity contribution in [3.8, 4) is 0 Å². The fourth-order valence-corrected chi connectivity index (χ4v) is 3.03. The second-order valence-electron chi connectivity index (χ2n) is 3.91. The highest BCUT2D eigenvalue weighted by Crippen LogP contribution is 2.23. The van der Waals surface area contributed by atoms with Crippen molar-refractivity contribution in [3.63, 3.8) is 0 Å². The fourth-order valence-electron chi connectivity index (χ4n) is 1.58. The molecular weight excluding hydrogens is 333 g/mol. The van der Waals surface area contributed by atoms with Crippen LogP contribution >= 0.6 is 15.9 Å². The lowest BCUT2D eigenvalue weighted by molar-refractivity contribution is 0.594. The van der Waals surface area contributed by atoms with Crippen LogP contribution in [0.3, 0.4) is 0 Å². The highest BCUT2D eigenvalue weighted by atomic mass is 79.9. The van der Waals surface area contributed by atoms with Crippen LogP contribution in [0, 0.1) is 5.82 Å². The van der Waals surface area contributed by atoms with Gasteiger partial charge in [0.05, 0.1) is 10.6 Å². The summed E-state index contributed by atoms with van der Waals surface area (Å²) in [6.45, 7) is 0. The molecule has 0 aliphatic carbocycles. The van der Waals surface area contributed by atoms with Crippen LogP contribution in [0.5, 0.6) is 0 Å². The highest BCUT2D eigenvalue weighted by molar-refractivity contribution is 9.10. The number of nitrogens with zero attached hydrogens (tertiary/aromatic N) is 1. The number of anilines is 1. The number of hydrogen-bond donors (Lipinski definition) is 0. The Balaban J connectivity index is 2.42. The molecular formula is C13H11BrFNO2S. The predicted molar refractivity (Wildman–Crippen MR) is 76.1 cm³/mol. The van der Waals surface area contributed by atoms with Crippen molar-refractivity contribution in [1.29, 1.82) is 0 Å². The molecule has 0 N–H and O–H groups in total. The molecule has 0 aliphatic heterocycles. The minimum Gasteiger partial charge on any atom is -0.269 e. The van der Waals surface area contributed by atoms with Crippen LogP contribution in [-0.4, -0.2) is 15.5 Å². The van der Waals surface area contributed by atoms with E-state index in [0.717, 1.165) is 8.78 Å². The normalized spacial score (nSPS) is 11.3. The summed E-state index contributed by atoms with van der Waals surface area (Å²) in [5.74, 6) is -0.477. The Bertz CT molecular complexity index is 686. The maximum atomic E-state index is 13.1. The van der Waals surface area contributed by atoms with Crippen molar-refractivity contribution in [2.45, 2.75) is 4.90 Å². The van der Waals surface area contributed by atoms with Crippen molar-refractivity contribution in [2.24, 2.45) is 0 Å². The van der Waals surface area contributed by atoms with E-state index < -0.39 is 15.8 Å². The lowest BCUT2D eigenvalue weighted by Crippen LogP contribution is -2.26. The summed E-state index contributed by atoms with van der Waals surface area (Å²) in [5, 5.41) is 0. The molecule has 2 aromatic rings. The summed E-state index contributed by atoms with van der Waals surface area (Å²) in [5.41, 5.74) is 0.280. The largest absolute Gasteiger partial charge is 0.269 e. The van der Waals surface area contributed by atoms with Gasteiger partial charge in [-0.2, -0.15) is 0 Å². The summed E-state index contributed by atoms with van der Waals surface area (Å²) in [6.07, 6.45) is 0. The maximum Gasteiger partial charge on any atom is 0.264 e. The van der Waals surface area contributed by atoms with Gasteiger partial charge in [0.2, 0.25) is 0 Å². The van der Waals surface area contributed by atoms with Crippen molar-refractivity contribution < 1.29 is 12.8 Å². The van der Waals surface area contributed by atoms with Gasteiger partial charge in [-0.15, -0.1) is 0 Å². The van der Waals surface area contributed by atoms with Gasteiger partial charge in [0, 0.05) is 11.5 Å². The zero-order chi connectivity index (χ0) is 14.0. The van der Waals surface area contributed by atoms with Crippen LogP contribution in [0.25, 0.3) is 0 Å². The third kappa shape index (κ3) is 2.96. The molecule has 0 unspecified atom stereocenters. The predicted octanol–water partition coefficient (Wildman–Crippen LogP) is 3.41. The van der Waals surface area contributed by atoms with Crippen LogP contribution in [0.1, 0.15) is 0 Å². The van der Waals surface area contributed by atoms with E-state index >= 15 is 0 Å². The SMILES string of the molecule is CN(c1cccc(F)c1)S(=O)(=O)c1ccc(Br)cc1. The molecule has 2 aromatic carbocycles. The Kier molecular flexibility index (Phi) is 3.91. The zero-order valence-corrected chi connectivity index (χ0v) is 12.4. The number of sulfonamides is 1. The van der Waals surface area contributed by atoms with E-state index in [1.807, 2.05) is 0 Å². The van der Waals surface area contributed by atoms with Crippen molar-refractivity contribution in [2.75, 3.05) is 11.4 Å². The standard InChI is InChI=1S/C13H11BrFNO2S/c1-16(12-4-2-3-11(15)9-12)19(17,18)13-7-5-10(14)6-8-13/h2-9H,1H3. The lowest BCUT2D eigenvalue weighted by Gasteiger charge is -2.19. The van der Waals surface area contributed by atoms with Gasteiger partial charge in [0.1, 0.15) is 5.82 Å². The van der Waals surface area contributed by atoms with Crippen molar-refractivity contribution in [3.05, 3.63) is 58.8 Å². The van der Waals surface area contributed by atoms with Crippen LogP contribution in [0.4, 0.5) is 10.1 Å². The van der Waals surface area contributed by atoms with Crippen LogP contribution in [0.2, 0.25) is 0 Å². The monoisotopic (exact) mass is 343 g/mol. The van der Waals surface area contributed by atoms with E-state index in [-0.39, 0.29) is 10.6 Å². The summed E-state index contributed by atoms with van der Waals surface area (Å²) < 4.78 is 39.7. The molecule has 0 fully saturated rings. The average Bonchev–Trinajstić information content (AvgIpc) is 2.38. The van der Waals surface area contributed by atoms with Crippen molar-refractivity contribution in [1.82, 2.24) is 0 Å². The van der Waals surface area contributed by atoms with Gasteiger partial charge in [-0.05, 0) is 42.5 Å². The molecule has 0 aromatic heterocycles. The van der Waals surface area contributed by atoms with Crippen LogP contribution in [0.15, 0.2) is 57.9 Å². The average molecular weight is 344 g/mol. The Morgan fingerprint density at radius 3 is 2.32 bits per heavy atom. The Hall–Kier alpha value is -1.40. The topological polar surface area (TPSA) is 37.4 Å². The molecule has 0 atom stereocenters. The highest BCUT2D eigenvalue weighted by Gasteiger charge is 2.21.